The number of nitrogens with one attached hydrogen (secondary N) is 1. The normalized spacial score (nSPS) is 31.0. The Hall–Kier alpha value is -1.89. The van der Waals surface area contributed by atoms with Gasteiger partial charge in [-0.15, -0.1) is 0 Å². The van der Waals surface area contributed by atoms with E-state index < -0.39 is 17.8 Å². The van der Waals surface area contributed by atoms with Crippen molar-refractivity contribution in [1.82, 2.24) is 0 Å². The Morgan fingerprint density at radius 3 is 2.65 bits per heavy atom. The number of hydrogen-bond acceptors (Lipinski definition) is 5. The molecule has 138 valence electrons. The van der Waals surface area contributed by atoms with Crippen LogP contribution in [0.5, 0.6) is 0 Å². The van der Waals surface area contributed by atoms with E-state index in [1.807, 2.05) is 26.0 Å². The van der Waals surface area contributed by atoms with Gasteiger partial charge in [0.2, 0.25) is 0 Å². The van der Waals surface area contributed by atoms with Crippen LogP contribution in [0.3, 0.4) is 0 Å². The first-order valence-electron chi connectivity index (χ1n) is 8.79. The predicted octanol–water partition coefficient (Wildman–Crippen LogP) is 2.75. The average Bonchev–Trinajstić information content (AvgIpc) is 3.19. The number of fused-ring (bicyclic) bond motifs is 1. The van der Waals surface area contributed by atoms with Crippen molar-refractivity contribution in [3.63, 3.8) is 0 Å². The molecule has 6 nitrogen and oxygen atoms in total. The molecule has 1 aromatic carbocycles. The molecule has 1 aromatic rings. The molecule has 26 heavy (non-hydrogen) atoms. The van der Waals surface area contributed by atoms with Gasteiger partial charge >= 0.3 is 11.9 Å². The van der Waals surface area contributed by atoms with Crippen LogP contribution in [0.15, 0.2) is 16.6 Å². The SMILES string of the molecule is Cc1cc(NC(=O)COC(=O)[C@@H]2[C@@H]3C[C@@H]4[C@H]2C(=O)O[C@H]4C3)cc(C)c1Br. The van der Waals surface area contributed by atoms with Crippen LogP contribution in [-0.2, 0) is 23.9 Å². The molecule has 7 heteroatoms. The fourth-order valence-corrected chi connectivity index (χ4v) is 5.00. The van der Waals surface area contributed by atoms with Crippen molar-refractivity contribution in [2.24, 2.45) is 23.7 Å². The zero-order valence-corrected chi connectivity index (χ0v) is 16.2. The average molecular weight is 422 g/mol. The number of hydrogen-bond donors (Lipinski definition) is 1. The Balaban J connectivity index is 1.35. The lowest BCUT2D eigenvalue weighted by atomic mass is 9.80. The lowest BCUT2D eigenvalue weighted by Gasteiger charge is -2.22. The van der Waals surface area contributed by atoms with Crippen molar-refractivity contribution in [1.29, 1.82) is 0 Å². The van der Waals surface area contributed by atoms with E-state index in [0.29, 0.717) is 5.69 Å². The number of esters is 2. The molecule has 1 aliphatic heterocycles. The van der Waals surface area contributed by atoms with Gasteiger partial charge in [0.05, 0.1) is 11.8 Å². The number of carbonyl (C=O) groups excluding carboxylic acids is 3. The lowest BCUT2D eigenvalue weighted by molar-refractivity contribution is -0.157. The molecule has 1 saturated heterocycles. The van der Waals surface area contributed by atoms with Crippen LogP contribution >= 0.6 is 15.9 Å². The maximum Gasteiger partial charge on any atom is 0.310 e. The van der Waals surface area contributed by atoms with E-state index in [-0.39, 0.29) is 36.4 Å². The molecule has 0 spiro atoms. The Kier molecular flexibility index (Phi) is 4.29. The van der Waals surface area contributed by atoms with Crippen LogP contribution in [0, 0.1) is 37.5 Å². The summed E-state index contributed by atoms with van der Waals surface area (Å²) in [7, 11) is 0. The minimum atomic E-state index is -0.462. The molecule has 0 unspecified atom stereocenters. The van der Waals surface area contributed by atoms with Crippen molar-refractivity contribution in [2.75, 3.05) is 11.9 Å². The van der Waals surface area contributed by atoms with Gasteiger partial charge in [-0.25, -0.2) is 0 Å². The highest BCUT2D eigenvalue weighted by Crippen LogP contribution is 2.57. The summed E-state index contributed by atoms with van der Waals surface area (Å²) in [5, 5.41) is 2.74. The summed E-state index contributed by atoms with van der Waals surface area (Å²) in [5.41, 5.74) is 2.67. The summed E-state index contributed by atoms with van der Waals surface area (Å²) >= 11 is 3.48. The molecule has 0 radical (unpaired) electrons. The topological polar surface area (TPSA) is 81.7 Å². The fraction of sp³-hybridized carbons (Fsp3) is 0.526. The Labute approximate surface area is 159 Å². The van der Waals surface area contributed by atoms with E-state index in [9.17, 15) is 14.4 Å². The van der Waals surface area contributed by atoms with Crippen molar-refractivity contribution < 1.29 is 23.9 Å². The molecule has 1 heterocycles. The minimum absolute atomic E-state index is 0.0197. The second-order valence-corrected chi connectivity index (χ2v) is 8.30. The van der Waals surface area contributed by atoms with E-state index in [1.54, 1.807) is 0 Å². The monoisotopic (exact) mass is 421 g/mol. The summed E-state index contributed by atoms with van der Waals surface area (Å²) < 4.78 is 11.6. The number of carbonyl (C=O) groups is 3. The fourth-order valence-electron chi connectivity index (χ4n) is 4.77. The maximum absolute atomic E-state index is 12.5. The van der Waals surface area contributed by atoms with Crippen LogP contribution in [0.25, 0.3) is 0 Å². The highest BCUT2D eigenvalue weighted by molar-refractivity contribution is 9.10. The van der Waals surface area contributed by atoms with Gasteiger partial charge < -0.3 is 14.8 Å². The third-order valence-electron chi connectivity index (χ3n) is 5.82. The third-order valence-corrected chi connectivity index (χ3v) is 7.07. The smallest absolute Gasteiger partial charge is 0.310 e. The van der Waals surface area contributed by atoms with Crippen LogP contribution in [-0.4, -0.2) is 30.6 Å². The van der Waals surface area contributed by atoms with E-state index in [0.717, 1.165) is 28.4 Å². The molecule has 4 rings (SSSR count). The van der Waals surface area contributed by atoms with E-state index >= 15 is 0 Å². The molecular formula is C19H20BrNO5. The van der Waals surface area contributed by atoms with Gasteiger partial charge in [0.25, 0.3) is 5.91 Å². The molecule has 2 saturated carbocycles. The quantitative estimate of drug-likeness (QED) is 0.755. The number of amides is 1. The van der Waals surface area contributed by atoms with Crippen LogP contribution in [0.2, 0.25) is 0 Å². The third kappa shape index (κ3) is 2.82. The molecule has 5 atom stereocenters. The first-order valence-corrected chi connectivity index (χ1v) is 9.58. The first-order chi connectivity index (χ1) is 12.3. The number of anilines is 1. The lowest BCUT2D eigenvalue weighted by Crippen LogP contribution is -2.34. The first kappa shape index (κ1) is 17.5. The maximum atomic E-state index is 12.5. The van der Waals surface area contributed by atoms with E-state index in [4.69, 9.17) is 9.47 Å². The highest BCUT2D eigenvalue weighted by atomic mass is 79.9. The summed E-state index contributed by atoms with van der Waals surface area (Å²) in [4.78, 5) is 36.6. The second-order valence-electron chi connectivity index (χ2n) is 7.50. The van der Waals surface area contributed by atoms with Crippen LogP contribution in [0.1, 0.15) is 24.0 Å². The Morgan fingerprint density at radius 1 is 1.27 bits per heavy atom. The number of halogens is 1. The number of ether oxygens (including phenoxy) is 2. The zero-order valence-electron chi connectivity index (χ0n) is 14.6. The van der Waals surface area contributed by atoms with Gasteiger partial charge in [0.15, 0.2) is 6.61 Å². The number of aryl methyl sites for hydroxylation is 2. The molecule has 3 aliphatic rings. The van der Waals surface area contributed by atoms with Gasteiger partial charge in [0, 0.05) is 16.1 Å². The molecule has 0 aromatic heterocycles. The largest absolute Gasteiger partial charge is 0.462 e. The Bertz CT molecular complexity index is 782. The minimum Gasteiger partial charge on any atom is -0.462 e. The van der Waals surface area contributed by atoms with Crippen LogP contribution in [0.4, 0.5) is 5.69 Å². The zero-order chi connectivity index (χ0) is 18.6. The van der Waals surface area contributed by atoms with Gasteiger partial charge in [-0.1, -0.05) is 15.9 Å². The van der Waals surface area contributed by atoms with E-state index in [1.165, 1.54) is 0 Å². The standard InChI is InChI=1S/C19H20BrNO5/c1-8-3-11(4-9(2)17(8)20)21-14(22)7-25-18(23)15-10-5-12-13(6-10)26-19(24)16(12)15/h3-4,10,12-13,15-16H,5-7H2,1-2H3,(H,21,22)/t10-,12+,13+,15-,16-/m1/s1. The van der Waals surface area contributed by atoms with Gasteiger partial charge in [0.1, 0.15) is 6.10 Å². The number of benzene rings is 1. The highest BCUT2D eigenvalue weighted by Gasteiger charge is 2.64. The van der Waals surface area contributed by atoms with Crippen molar-refractivity contribution in [3.05, 3.63) is 27.7 Å². The van der Waals surface area contributed by atoms with Crippen molar-refractivity contribution in [2.45, 2.75) is 32.8 Å². The molecule has 1 N–H and O–H groups in total. The summed E-state index contributed by atoms with van der Waals surface area (Å²) in [6, 6.07) is 3.70. The van der Waals surface area contributed by atoms with Gasteiger partial charge in [-0.3, -0.25) is 14.4 Å². The van der Waals surface area contributed by atoms with Crippen molar-refractivity contribution in [3.8, 4) is 0 Å². The van der Waals surface area contributed by atoms with Crippen molar-refractivity contribution >= 4 is 39.5 Å². The predicted molar refractivity (Wildman–Crippen MR) is 96.3 cm³/mol. The van der Waals surface area contributed by atoms with Crippen LogP contribution < -0.4 is 5.32 Å². The summed E-state index contributed by atoms with van der Waals surface area (Å²) in [6.07, 6.45) is 1.55. The summed E-state index contributed by atoms with van der Waals surface area (Å²) in [6.45, 7) is 3.53. The molecular weight excluding hydrogens is 402 g/mol. The van der Waals surface area contributed by atoms with Gasteiger partial charge in [-0.2, -0.15) is 0 Å². The molecule has 2 aliphatic carbocycles. The molecule has 1 amide bonds. The second kappa shape index (κ2) is 6.37. The molecule has 2 bridgehead atoms. The van der Waals surface area contributed by atoms with Gasteiger partial charge in [-0.05, 0) is 55.9 Å². The van der Waals surface area contributed by atoms with E-state index in [2.05, 4.69) is 21.2 Å². The molecule has 3 fully saturated rings. The Morgan fingerprint density at radius 2 is 1.96 bits per heavy atom. The number of rotatable bonds is 4. The summed E-state index contributed by atoms with van der Waals surface area (Å²) in [5.74, 6) is -1.71.